The molecule has 0 radical (unpaired) electrons. The van der Waals surface area contributed by atoms with Crippen molar-refractivity contribution in [3.63, 3.8) is 0 Å². The molecule has 1 aliphatic rings. The number of rotatable bonds is 8. The molecule has 5 rings (SSSR count). The van der Waals surface area contributed by atoms with Gasteiger partial charge < -0.3 is 15.0 Å². The molecule has 1 aliphatic heterocycles. The van der Waals surface area contributed by atoms with Crippen LogP contribution < -0.4 is 15.0 Å². The van der Waals surface area contributed by atoms with Gasteiger partial charge in [-0.05, 0) is 50.8 Å². The maximum Gasteiger partial charge on any atom is 0.224 e. The molecule has 1 fully saturated rings. The van der Waals surface area contributed by atoms with E-state index in [9.17, 15) is 4.79 Å². The van der Waals surface area contributed by atoms with Crippen LogP contribution in [0.1, 0.15) is 30.9 Å². The first-order valence-electron chi connectivity index (χ1n) is 12.3. The van der Waals surface area contributed by atoms with Crippen LogP contribution >= 0.6 is 11.3 Å². The molecule has 1 amide bonds. The van der Waals surface area contributed by atoms with Gasteiger partial charge >= 0.3 is 0 Å². The van der Waals surface area contributed by atoms with Gasteiger partial charge in [-0.25, -0.2) is 9.50 Å². The van der Waals surface area contributed by atoms with Crippen LogP contribution in [0.4, 0.5) is 5.13 Å². The standard InChI is InChI=1S/C27H31N5O2S/c1-3-34-23-12-8-20(9-13-23)14-15-28-25(33)22-5-4-16-31(17-22)27-30-32-18-24(29-26(32)35-27)21-10-6-19(2)7-11-21/h6-13,18,22H,3-5,14-17H2,1-2H3,(H,28,33)/t22-/m0/s1. The molecule has 35 heavy (non-hydrogen) atoms. The Morgan fingerprint density at radius 2 is 1.97 bits per heavy atom. The highest BCUT2D eigenvalue weighted by Crippen LogP contribution is 2.30. The number of amides is 1. The van der Waals surface area contributed by atoms with Crippen molar-refractivity contribution in [3.05, 3.63) is 65.9 Å². The van der Waals surface area contributed by atoms with Crippen LogP contribution in [-0.2, 0) is 11.2 Å². The molecule has 7 nitrogen and oxygen atoms in total. The summed E-state index contributed by atoms with van der Waals surface area (Å²) in [7, 11) is 0. The minimum absolute atomic E-state index is 0.0246. The lowest BCUT2D eigenvalue weighted by atomic mass is 9.97. The predicted octanol–water partition coefficient (Wildman–Crippen LogP) is 4.74. The quantitative estimate of drug-likeness (QED) is 0.387. The van der Waals surface area contributed by atoms with Crippen molar-refractivity contribution in [3.8, 4) is 17.0 Å². The number of hydrogen-bond donors (Lipinski definition) is 1. The summed E-state index contributed by atoms with van der Waals surface area (Å²) in [4.78, 5) is 20.7. The number of ether oxygens (including phenoxy) is 1. The van der Waals surface area contributed by atoms with E-state index in [0.29, 0.717) is 19.7 Å². The monoisotopic (exact) mass is 489 g/mol. The van der Waals surface area contributed by atoms with Gasteiger partial charge in [-0.2, -0.15) is 0 Å². The topological polar surface area (TPSA) is 71.8 Å². The van der Waals surface area contributed by atoms with E-state index in [2.05, 4.69) is 53.5 Å². The highest BCUT2D eigenvalue weighted by Gasteiger charge is 2.27. The lowest BCUT2D eigenvalue weighted by Crippen LogP contribution is -2.43. The first-order chi connectivity index (χ1) is 17.1. The van der Waals surface area contributed by atoms with Crippen molar-refractivity contribution in [1.82, 2.24) is 19.9 Å². The van der Waals surface area contributed by atoms with Crippen molar-refractivity contribution in [2.75, 3.05) is 31.1 Å². The number of imidazole rings is 1. The number of carbonyl (C=O) groups excluding carboxylic acids is 1. The molecule has 1 N–H and O–H groups in total. The third kappa shape index (κ3) is 5.48. The zero-order valence-electron chi connectivity index (χ0n) is 20.2. The fraction of sp³-hybridized carbons (Fsp3) is 0.370. The molecule has 4 aromatic rings. The van der Waals surface area contributed by atoms with Crippen LogP contribution in [0.2, 0.25) is 0 Å². The Labute approximate surface area is 209 Å². The average molecular weight is 490 g/mol. The van der Waals surface area contributed by atoms with Crippen molar-refractivity contribution < 1.29 is 9.53 Å². The Balaban J connectivity index is 1.16. The number of benzene rings is 2. The molecule has 182 valence electrons. The maximum atomic E-state index is 12.9. The summed E-state index contributed by atoms with van der Waals surface area (Å²) >= 11 is 1.58. The number of hydrogen-bond acceptors (Lipinski definition) is 6. The van der Waals surface area contributed by atoms with E-state index in [4.69, 9.17) is 14.8 Å². The fourth-order valence-corrected chi connectivity index (χ4v) is 5.36. The van der Waals surface area contributed by atoms with Gasteiger partial charge in [0.15, 0.2) is 0 Å². The van der Waals surface area contributed by atoms with E-state index >= 15 is 0 Å². The molecule has 0 aliphatic carbocycles. The number of fused-ring (bicyclic) bond motifs is 1. The molecule has 3 heterocycles. The van der Waals surface area contributed by atoms with Crippen LogP contribution in [0.5, 0.6) is 5.75 Å². The summed E-state index contributed by atoms with van der Waals surface area (Å²) in [5.41, 5.74) is 4.44. The molecule has 0 spiro atoms. The Bertz CT molecular complexity index is 1250. The average Bonchev–Trinajstić information content (AvgIpc) is 3.46. The van der Waals surface area contributed by atoms with Crippen LogP contribution in [-0.4, -0.2) is 46.7 Å². The van der Waals surface area contributed by atoms with Gasteiger partial charge in [0.25, 0.3) is 0 Å². The number of aryl methyl sites for hydroxylation is 1. The molecule has 0 bridgehead atoms. The second-order valence-electron chi connectivity index (χ2n) is 9.01. The van der Waals surface area contributed by atoms with E-state index in [1.165, 1.54) is 11.1 Å². The number of piperidine rings is 1. The number of nitrogens with one attached hydrogen (secondary N) is 1. The SMILES string of the molecule is CCOc1ccc(CCNC(=O)[C@H]2CCCN(c3nn4cc(-c5ccc(C)cc5)nc4s3)C2)cc1. The molecular weight excluding hydrogens is 458 g/mol. The molecule has 1 atom stereocenters. The van der Waals surface area contributed by atoms with Crippen molar-refractivity contribution in [1.29, 1.82) is 0 Å². The van der Waals surface area contributed by atoms with Crippen LogP contribution in [0.15, 0.2) is 54.7 Å². The zero-order valence-corrected chi connectivity index (χ0v) is 21.1. The Morgan fingerprint density at radius 3 is 2.71 bits per heavy atom. The molecule has 8 heteroatoms. The van der Waals surface area contributed by atoms with Gasteiger partial charge in [-0.1, -0.05) is 53.3 Å². The van der Waals surface area contributed by atoms with E-state index in [-0.39, 0.29) is 11.8 Å². The summed E-state index contributed by atoms with van der Waals surface area (Å²) in [6.07, 6.45) is 4.68. The summed E-state index contributed by atoms with van der Waals surface area (Å²) in [6, 6.07) is 16.4. The van der Waals surface area contributed by atoms with Gasteiger partial charge in [0, 0.05) is 25.2 Å². The van der Waals surface area contributed by atoms with Gasteiger partial charge in [-0.3, -0.25) is 4.79 Å². The van der Waals surface area contributed by atoms with Crippen molar-refractivity contribution >= 4 is 27.3 Å². The number of anilines is 1. The smallest absolute Gasteiger partial charge is 0.224 e. The summed E-state index contributed by atoms with van der Waals surface area (Å²) in [6.45, 7) is 6.96. The van der Waals surface area contributed by atoms with Crippen LogP contribution in [0, 0.1) is 12.8 Å². The van der Waals surface area contributed by atoms with E-state index < -0.39 is 0 Å². The lowest BCUT2D eigenvalue weighted by Gasteiger charge is -2.31. The summed E-state index contributed by atoms with van der Waals surface area (Å²) in [5, 5.41) is 8.83. The van der Waals surface area contributed by atoms with Crippen molar-refractivity contribution in [2.24, 2.45) is 5.92 Å². The summed E-state index contributed by atoms with van der Waals surface area (Å²) in [5.74, 6) is 0.982. The largest absolute Gasteiger partial charge is 0.494 e. The third-order valence-corrected chi connectivity index (χ3v) is 7.37. The Hall–Kier alpha value is -3.39. The van der Waals surface area contributed by atoms with Crippen LogP contribution in [0.3, 0.4) is 0 Å². The van der Waals surface area contributed by atoms with Gasteiger partial charge in [0.05, 0.1) is 24.4 Å². The van der Waals surface area contributed by atoms with Crippen molar-refractivity contribution in [2.45, 2.75) is 33.1 Å². The van der Waals surface area contributed by atoms with Crippen LogP contribution in [0.25, 0.3) is 16.2 Å². The highest BCUT2D eigenvalue weighted by molar-refractivity contribution is 7.20. The predicted molar refractivity (Wildman–Crippen MR) is 140 cm³/mol. The molecular formula is C27H31N5O2S. The minimum Gasteiger partial charge on any atom is -0.494 e. The van der Waals surface area contributed by atoms with E-state index in [1.54, 1.807) is 11.3 Å². The first kappa shape index (κ1) is 23.4. The fourth-order valence-electron chi connectivity index (χ4n) is 4.44. The number of nitrogens with zero attached hydrogens (tertiary/aromatic N) is 4. The normalized spacial score (nSPS) is 15.9. The first-order valence-corrected chi connectivity index (χ1v) is 13.1. The number of aromatic nitrogens is 3. The van der Waals surface area contributed by atoms with Gasteiger partial charge in [-0.15, -0.1) is 5.10 Å². The summed E-state index contributed by atoms with van der Waals surface area (Å²) < 4.78 is 7.35. The molecule has 1 saturated heterocycles. The Kier molecular flexibility index (Phi) is 6.99. The van der Waals surface area contributed by atoms with Gasteiger partial charge in [0.1, 0.15) is 5.75 Å². The zero-order chi connectivity index (χ0) is 24.2. The number of carbonyl (C=O) groups is 1. The van der Waals surface area contributed by atoms with Gasteiger partial charge in [0.2, 0.25) is 16.0 Å². The third-order valence-electron chi connectivity index (χ3n) is 6.39. The second kappa shape index (κ2) is 10.5. The molecule has 2 aromatic carbocycles. The molecule has 0 unspecified atom stereocenters. The molecule has 2 aromatic heterocycles. The Morgan fingerprint density at radius 1 is 1.17 bits per heavy atom. The maximum absolute atomic E-state index is 12.9. The minimum atomic E-state index is -0.0246. The van der Waals surface area contributed by atoms with E-state index in [0.717, 1.165) is 52.9 Å². The highest BCUT2D eigenvalue weighted by atomic mass is 32.1. The second-order valence-corrected chi connectivity index (χ2v) is 9.94. The van der Waals surface area contributed by atoms with E-state index in [1.807, 2.05) is 29.8 Å². The molecule has 0 saturated carbocycles. The lowest BCUT2D eigenvalue weighted by molar-refractivity contribution is -0.125.